The first kappa shape index (κ1) is 14.3. The van der Waals surface area contributed by atoms with Crippen LogP contribution in [0.3, 0.4) is 0 Å². The molecule has 0 aliphatic carbocycles. The van der Waals surface area contributed by atoms with Crippen LogP contribution in [0.4, 0.5) is 15.8 Å². The number of aryl methyl sites for hydroxylation is 2. The van der Waals surface area contributed by atoms with Crippen LogP contribution in [0, 0.1) is 19.7 Å². The quantitative estimate of drug-likeness (QED) is 0.855. The van der Waals surface area contributed by atoms with Gasteiger partial charge in [-0.1, -0.05) is 12.1 Å². The van der Waals surface area contributed by atoms with E-state index in [4.69, 9.17) is 5.73 Å². The molecule has 2 rings (SSSR count). The fraction of sp³-hybridized carbons (Fsp3) is 0.143. The molecule has 106 valence electrons. The number of nitrogens with one attached hydrogen (secondary N) is 1. The summed E-state index contributed by atoms with van der Waals surface area (Å²) in [5.41, 5.74) is 7.16. The van der Waals surface area contributed by atoms with Crippen LogP contribution in [0.25, 0.3) is 0 Å². The lowest BCUT2D eigenvalue weighted by Gasteiger charge is -2.12. The van der Waals surface area contributed by atoms with Gasteiger partial charge in [0.15, 0.2) is 0 Å². The van der Waals surface area contributed by atoms with Gasteiger partial charge in [0.25, 0.3) is 10.0 Å². The normalized spacial score (nSPS) is 11.3. The molecule has 0 aliphatic heterocycles. The van der Waals surface area contributed by atoms with Crippen molar-refractivity contribution in [3.05, 3.63) is 53.3 Å². The third-order valence-corrected chi connectivity index (χ3v) is 4.17. The maximum absolute atomic E-state index is 13.7. The molecule has 6 heteroatoms. The molecular weight excluding hydrogens is 279 g/mol. The van der Waals surface area contributed by atoms with Gasteiger partial charge in [-0.05, 0) is 49.2 Å². The first-order chi connectivity index (χ1) is 9.29. The zero-order chi connectivity index (χ0) is 14.9. The first-order valence-electron chi connectivity index (χ1n) is 5.95. The van der Waals surface area contributed by atoms with Crippen LogP contribution in [-0.4, -0.2) is 8.42 Å². The molecule has 0 fully saturated rings. The number of sulfonamides is 1. The van der Waals surface area contributed by atoms with Crippen molar-refractivity contribution in [3.63, 3.8) is 0 Å². The van der Waals surface area contributed by atoms with Crippen molar-refractivity contribution in [2.45, 2.75) is 18.7 Å². The van der Waals surface area contributed by atoms with Gasteiger partial charge in [-0.15, -0.1) is 0 Å². The maximum atomic E-state index is 13.7. The van der Waals surface area contributed by atoms with Gasteiger partial charge in [-0.2, -0.15) is 0 Å². The summed E-state index contributed by atoms with van der Waals surface area (Å²) in [6.45, 7) is 3.37. The smallest absolute Gasteiger partial charge is 0.262 e. The Kier molecular flexibility index (Phi) is 3.67. The molecule has 3 N–H and O–H groups in total. The van der Waals surface area contributed by atoms with Crippen LogP contribution >= 0.6 is 0 Å². The van der Waals surface area contributed by atoms with Crippen molar-refractivity contribution >= 4 is 21.4 Å². The Morgan fingerprint density at radius 2 is 1.85 bits per heavy atom. The molecule has 0 spiro atoms. The molecule has 0 bridgehead atoms. The van der Waals surface area contributed by atoms with Crippen LogP contribution in [0.15, 0.2) is 41.3 Å². The molecule has 20 heavy (non-hydrogen) atoms. The van der Waals surface area contributed by atoms with Crippen molar-refractivity contribution in [2.75, 3.05) is 10.5 Å². The Labute approximate surface area is 117 Å². The largest absolute Gasteiger partial charge is 0.399 e. The highest BCUT2D eigenvalue weighted by atomic mass is 32.2. The predicted octanol–water partition coefficient (Wildman–Crippen LogP) is 2.83. The fourth-order valence-electron chi connectivity index (χ4n) is 1.89. The highest BCUT2D eigenvalue weighted by Crippen LogP contribution is 2.24. The highest BCUT2D eigenvalue weighted by Gasteiger charge is 2.18. The van der Waals surface area contributed by atoms with Gasteiger partial charge in [-0.25, -0.2) is 12.8 Å². The van der Waals surface area contributed by atoms with Gasteiger partial charge in [-0.3, -0.25) is 4.72 Å². The van der Waals surface area contributed by atoms with Crippen molar-refractivity contribution in [3.8, 4) is 0 Å². The van der Waals surface area contributed by atoms with E-state index in [0.717, 1.165) is 5.56 Å². The molecule has 0 heterocycles. The molecular formula is C14H15FN2O2S. The average molecular weight is 294 g/mol. The van der Waals surface area contributed by atoms with E-state index in [0.29, 0.717) is 11.3 Å². The van der Waals surface area contributed by atoms with Crippen molar-refractivity contribution < 1.29 is 12.8 Å². The maximum Gasteiger partial charge on any atom is 0.262 e. The minimum absolute atomic E-state index is 0.0117. The molecule has 2 aromatic carbocycles. The number of para-hydroxylation sites is 1. The molecule has 0 unspecified atom stereocenters. The summed E-state index contributed by atoms with van der Waals surface area (Å²) in [6, 6.07) is 8.84. The third kappa shape index (κ3) is 2.91. The van der Waals surface area contributed by atoms with Crippen LogP contribution < -0.4 is 10.5 Å². The second-order valence-corrected chi connectivity index (χ2v) is 6.30. The minimum Gasteiger partial charge on any atom is -0.399 e. The third-order valence-electron chi connectivity index (χ3n) is 2.84. The molecule has 2 aromatic rings. The van der Waals surface area contributed by atoms with Gasteiger partial charge in [0.1, 0.15) is 5.82 Å². The number of halogens is 1. The number of anilines is 2. The zero-order valence-corrected chi connectivity index (χ0v) is 12.0. The van der Waals surface area contributed by atoms with E-state index in [9.17, 15) is 12.8 Å². The summed E-state index contributed by atoms with van der Waals surface area (Å²) in [7, 11) is -3.87. The first-order valence-corrected chi connectivity index (χ1v) is 7.43. The molecule has 0 saturated carbocycles. The molecule has 0 amide bonds. The lowest BCUT2D eigenvalue weighted by Crippen LogP contribution is -2.15. The Bertz CT molecular complexity index is 717. The van der Waals surface area contributed by atoms with Crippen LogP contribution in [0.5, 0.6) is 0 Å². The van der Waals surface area contributed by atoms with Gasteiger partial charge in [0, 0.05) is 5.69 Å². The predicted molar refractivity (Wildman–Crippen MR) is 77.5 cm³/mol. The fourth-order valence-corrected chi connectivity index (χ4v) is 3.16. The lowest BCUT2D eigenvalue weighted by atomic mass is 10.2. The summed E-state index contributed by atoms with van der Waals surface area (Å²) in [4.78, 5) is 0.0117. The summed E-state index contributed by atoms with van der Waals surface area (Å²) >= 11 is 0. The Morgan fingerprint density at radius 3 is 2.45 bits per heavy atom. The van der Waals surface area contributed by atoms with E-state index < -0.39 is 15.8 Å². The number of benzene rings is 2. The van der Waals surface area contributed by atoms with Crippen molar-refractivity contribution in [2.24, 2.45) is 0 Å². The van der Waals surface area contributed by atoms with E-state index in [1.54, 1.807) is 26.0 Å². The molecule has 0 saturated heterocycles. The van der Waals surface area contributed by atoms with Crippen LogP contribution in [0.1, 0.15) is 11.1 Å². The van der Waals surface area contributed by atoms with Crippen molar-refractivity contribution in [1.82, 2.24) is 0 Å². The summed E-state index contributed by atoms with van der Waals surface area (Å²) in [5, 5.41) is 0. The second kappa shape index (κ2) is 5.13. The average Bonchev–Trinajstić information content (AvgIpc) is 2.33. The van der Waals surface area contributed by atoms with E-state index in [2.05, 4.69) is 4.72 Å². The molecule has 0 radical (unpaired) electrons. The molecule has 4 nitrogen and oxygen atoms in total. The summed E-state index contributed by atoms with van der Waals surface area (Å²) in [5.74, 6) is -0.616. The van der Waals surface area contributed by atoms with E-state index in [-0.39, 0.29) is 10.6 Å². The number of hydrogen-bond donors (Lipinski definition) is 2. The Hall–Kier alpha value is -2.08. The van der Waals surface area contributed by atoms with Gasteiger partial charge in [0.2, 0.25) is 0 Å². The van der Waals surface area contributed by atoms with Gasteiger partial charge in [0.05, 0.1) is 10.6 Å². The van der Waals surface area contributed by atoms with Crippen LogP contribution in [0.2, 0.25) is 0 Å². The lowest BCUT2D eigenvalue weighted by molar-refractivity contribution is 0.598. The summed E-state index contributed by atoms with van der Waals surface area (Å²) < 4.78 is 40.5. The minimum atomic E-state index is -3.87. The van der Waals surface area contributed by atoms with E-state index in [1.807, 2.05) is 0 Å². The van der Waals surface area contributed by atoms with E-state index >= 15 is 0 Å². The Balaban J connectivity index is 2.46. The summed E-state index contributed by atoms with van der Waals surface area (Å²) in [6.07, 6.45) is 0. The topological polar surface area (TPSA) is 72.2 Å². The Morgan fingerprint density at radius 1 is 1.15 bits per heavy atom. The second-order valence-electron chi connectivity index (χ2n) is 4.62. The van der Waals surface area contributed by atoms with Gasteiger partial charge >= 0.3 is 0 Å². The van der Waals surface area contributed by atoms with E-state index in [1.165, 1.54) is 24.3 Å². The zero-order valence-electron chi connectivity index (χ0n) is 11.1. The monoisotopic (exact) mass is 294 g/mol. The van der Waals surface area contributed by atoms with Crippen molar-refractivity contribution in [1.29, 1.82) is 0 Å². The molecule has 0 aliphatic rings. The number of nitrogens with two attached hydrogens (primary N) is 1. The standard InChI is InChI=1S/C14H15FN2O2S/c1-9-6-11(16)8-12(7-9)20(18,19)17-14-10(2)4-3-5-13(14)15/h3-8,17H,16H2,1-2H3. The number of nitrogen functional groups attached to an aromatic ring is 1. The molecule has 0 aromatic heterocycles. The molecule has 0 atom stereocenters. The SMILES string of the molecule is Cc1cc(N)cc(S(=O)(=O)Nc2c(C)cccc2F)c1. The number of hydrogen-bond acceptors (Lipinski definition) is 3. The van der Waals surface area contributed by atoms with Gasteiger partial charge < -0.3 is 5.73 Å². The number of rotatable bonds is 3. The van der Waals surface area contributed by atoms with Crippen LogP contribution in [-0.2, 0) is 10.0 Å². The highest BCUT2D eigenvalue weighted by molar-refractivity contribution is 7.92.